The van der Waals surface area contributed by atoms with Crippen LogP contribution in [0.5, 0.6) is 0 Å². The van der Waals surface area contributed by atoms with E-state index in [-0.39, 0.29) is 6.04 Å². The molecule has 2 aliphatic rings. The summed E-state index contributed by atoms with van der Waals surface area (Å²) in [6, 6.07) is 0.222. The molecule has 0 aromatic rings. The molecule has 5 nitrogen and oxygen atoms in total. The number of nitrogens with zero attached hydrogens (tertiary/aromatic N) is 2. The number of piperazine rings is 1. The SMILES string of the molecule is CN(C1CCCC1)S(=O)(=O)N1CCNCC1. The smallest absolute Gasteiger partial charge is 0.282 e. The highest BCUT2D eigenvalue weighted by molar-refractivity contribution is 7.86. The maximum Gasteiger partial charge on any atom is 0.282 e. The molecule has 6 heteroatoms. The van der Waals surface area contributed by atoms with Crippen molar-refractivity contribution in [3.63, 3.8) is 0 Å². The zero-order valence-corrected chi connectivity index (χ0v) is 10.7. The average Bonchev–Trinajstić information content (AvgIpc) is 2.82. The monoisotopic (exact) mass is 247 g/mol. The van der Waals surface area contributed by atoms with Crippen LogP contribution < -0.4 is 5.32 Å². The van der Waals surface area contributed by atoms with Gasteiger partial charge in [0.15, 0.2) is 0 Å². The lowest BCUT2D eigenvalue weighted by Crippen LogP contribution is -2.52. The number of hydrogen-bond donors (Lipinski definition) is 1. The summed E-state index contributed by atoms with van der Waals surface area (Å²) in [7, 11) is -1.49. The molecule has 1 aliphatic carbocycles. The first kappa shape index (κ1) is 12.3. The van der Waals surface area contributed by atoms with Crippen molar-refractivity contribution in [2.75, 3.05) is 33.2 Å². The number of rotatable bonds is 3. The van der Waals surface area contributed by atoms with Gasteiger partial charge in [0.05, 0.1) is 0 Å². The minimum Gasteiger partial charge on any atom is -0.314 e. The third kappa shape index (κ3) is 2.40. The Balaban J connectivity index is 2.04. The van der Waals surface area contributed by atoms with E-state index in [1.807, 2.05) is 0 Å². The Labute approximate surface area is 98.0 Å². The van der Waals surface area contributed by atoms with Crippen LogP contribution in [0.1, 0.15) is 25.7 Å². The van der Waals surface area contributed by atoms with Gasteiger partial charge in [-0.15, -0.1) is 0 Å². The first-order valence-electron chi connectivity index (χ1n) is 6.06. The summed E-state index contributed by atoms with van der Waals surface area (Å²) in [6.45, 7) is 2.72. The second-order valence-corrected chi connectivity index (χ2v) is 6.60. The van der Waals surface area contributed by atoms with Crippen LogP contribution in [-0.2, 0) is 10.2 Å². The highest BCUT2D eigenvalue weighted by atomic mass is 32.2. The van der Waals surface area contributed by atoms with E-state index in [2.05, 4.69) is 5.32 Å². The molecule has 94 valence electrons. The molecule has 0 bridgehead atoms. The Morgan fingerprint density at radius 3 is 2.31 bits per heavy atom. The van der Waals surface area contributed by atoms with Crippen LogP contribution in [0.25, 0.3) is 0 Å². The van der Waals surface area contributed by atoms with Gasteiger partial charge in [-0.25, -0.2) is 0 Å². The molecule has 16 heavy (non-hydrogen) atoms. The minimum atomic E-state index is -3.22. The molecule has 0 radical (unpaired) electrons. The van der Waals surface area contributed by atoms with Gasteiger partial charge in [-0.1, -0.05) is 12.8 Å². The zero-order valence-electron chi connectivity index (χ0n) is 9.85. The van der Waals surface area contributed by atoms with E-state index in [0.717, 1.165) is 38.8 Å². The molecule has 0 unspecified atom stereocenters. The molecule has 1 aliphatic heterocycles. The first-order valence-corrected chi connectivity index (χ1v) is 7.46. The summed E-state index contributed by atoms with van der Waals surface area (Å²) < 4.78 is 27.8. The molecule has 1 heterocycles. The summed E-state index contributed by atoms with van der Waals surface area (Å²) >= 11 is 0. The fourth-order valence-electron chi connectivity index (χ4n) is 2.51. The molecule has 0 spiro atoms. The fourth-order valence-corrected chi connectivity index (χ4v) is 4.11. The van der Waals surface area contributed by atoms with Crippen molar-refractivity contribution in [3.8, 4) is 0 Å². The molecule has 0 amide bonds. The third-order valence-corrected chi connectivity index (χ3v) is 5.65. The van der Waals surface area contributed by atoms with Crippen LogP contribution in [0.4, 0.5) is 0 Å². The number of hydrogen-bond acceptors (Lipinski definition) is 3. The lowest BCUT2D eigenvalue weighted by Gasteiger charge is -2.33. The second kappa shape index (κ2) is 5.00. The molecule has 2 rings (SSSR count). The Bertz CT molecular complexity index is 319. The minimum absolute atomic E-state index is 0.222. The predicted molar refractivity (Wildman–Crippen MR) is 63.4 cm³/mol. The van der Waals surface area contributed by atoms with Crippen LogP contribution in [0, 0.1) is 0 Å². The molecule has 0 aromatic heterocycles. The normalized spacial score (nSPS) is 25.4. The summed E-state index contributed by atoms with van der Waals surface area (Å²) in [5.74, 6) is 0. The molecule has 1 saturated carbocycles. The van der Waals surface area contributed by atoms with Gasteiger partial charge < -0.3 is 5.32 Å². The molecule has 1 saturated heterocycles. The molecular weight excluding hydrogens is 226 g/mol. The van der Waals surface area contributed by atoms with Crippen molar-refractivity contribution in [1.29, 1.82) is 0 Å². The van der Waals surface area contributed by atoms with Crippen molar-refractivity contribution < 1.29 is 8.42 Å². The standard InChI is InChI=1S/C10H21N3O2S/c1-12(10-4-2-3-5-10)16(14,15)13-8-6-11-7-9-13/h10-11H,2-9H2,1H3. The molecular formula is C10H21N3O2S. The van der Waals surface area contributed by atoms with Crippen molar-refractivity contribution in [2.24, 2.45) is 0 Å². The Morgan fingerprint density at radius 2 is 1.75 bits per heavy atom. The van der Waals surface area contributed by atoms with Gasteiger partial charge >= 0.3 is 0 Å². The van der Waals surface area contributed by atoms with Crippen LogP contribution in [-0.4, -0.2) is 56.3 Å². The van der Waals surface area contributed by atoms with E-state index < -0.39 is 10.2 Å². The number of nitrogens with one attached hydrogen (secondary N) is 1. The van der Waals surface area contributed by atoms with Gasteiger partial charge in [0, 0.05) is 39.3 Å². The van der Waals surface area contributed by atoms with E-state index in [0.29, 0.717) is 13.1 Å². The van der Waals surface area contributed by atoms with Gasteiger partial charge in [0.1, 0.15) is 0 Å². The molecule has 0 atom stereocenters. The van der Waals surface area contributed by atoms with Crippen molar-refractivity contribution in [2.45, 2.75) is 31.7 Å². The van der Waals surface area contributed by atoms with Crippen molar-refractivity contribution in [1.82, 2.24) is 13.9 Å². The Morgan fingerprint density at radius 1 is 1.19 bits per heavy atom. The largest absolute Gasteiger partial charge is 0.314 e. The van der Waals surface area contributed by atoms with Gasteiger partial charge in [0.2, 0.25) is 0 Å². The van der Waals surface area contributed by atoms with Gasteiger partial charge in [0.25, 0.3) is 10.2 Å². The molecule has 2 fully saturated rings. The maximum atomic E-state index is 12.3. The fraction of sp³-hybridized carbons (Fsp3) is 1.00. The van der Waals surface area contributed by atoms with Crippen molar-refractivity contribution in [3.05, 3.63) is 0 Å². The van der Waals surface area contributed by atoms with Gasteiger partial charge in [-0.05, 0) is 12.8 Å². The van der Waals surface area contributed by atoms with Crippen LogP contribution in [0.15, 0.2) is 0 Å². The lowest BCUT2D eigenvalue weighted by molar-refractivity contribution is 0.298. The van der Waals surface area contributed by atoms with E-state index in [1.54, 1.807) is 15.7 Å². The van der Waals surface area contributed by atoms with Gasteiger partial charge in [-0.3, -0.25) is 0 Å². The van der Waals surface area contributed by atoms with E-state index in [9.17, 15) is 8.42 Å². The third-order valence-electron chi connectivity index (χ3n) is 3.61. The second-order valence-electron chi connectivity index (χ2n) is 4.61. The van der Waals surface area contributed by atoms with E-state index in [1.165, 1.54) is 0 Å². The first-order chi connectivity index (χ1) is 7.62. The zero-order chi connectivity index (χ0) is 11.6. The Hall–Kier alpha value is -0.170. The summed E-state index contributed by atoms with van der Waals surface area (Å²) in [5.41, 5.74) is 0. The topological polar surface area (TPSA) is 52.7 Å². The Kier molecular flexibility index (Phi) is 3.84. The van der Waals surface area contributed by atoms with E-state index in [4.69, 9.17) is 0 Å². The molecule has 1 N–H and O–H groups in total. The van der Waals surface area contributed by atoms with Crippen LogP contribution >= 0.6 is 0 Å². The quantitative estimate of drug-likeness (QED) is 0.764. The highest BCUT2D eigenvalue weighted by Gasteiger charge is 2.33. The maximum absolute atomic E-state index is 12.3. The van der Waals surface area contributed by atoms with E-state index >= 15 is 0 Å². The van der Waals surface area contributed by atoms with Crippen LogP contribution in [0.2, 0.25) is 0 Å². The highest BCUT2D eigenvalue weighted by Crippen LogP contribution is 2.25. The van der Waals surface area contributed by atoms with Crippen LogP contribution in [0.3, 0.4) is 0 Å². The predicted octanol–water partition coefficient (Wildman–Crippen LogP) is 0.0108. The molecule has 0 aromatic carbocycles. The lowest BCUT2D eigenvalue weighted by atomic mass is 10.3. The van der Waals surface area contributed by atoms with Gasteiger partial charge in [-0.2, -0.15) is 17.0 Å². The van der Waals surface area contributed by atoms with Crippen molar-refractivity contribution >= 4 is 10.2 Å². The average molecular weight is 247 g/mol. The summed E-state index contributed by atoms with van der Waals surface area (Å²) in [5, 5.41) is 3.17. The summed E-state index contributed by atoms with van der Waals surface area (Å²) in [6.07, 6.45) is 4.35. The summed E-state index contributed by atoms with van der Waals surface area (Å²) in [4.78, 5) is 0.